The molecule has 0 aromatic heterocycles. The molecular weight excluding hydrogens is 278 g/mol. The number of carbonyl (C=O) groups is 1. The second-order valence-electron chi connectivity index (χ2n) is 4.72. The molecule has 1 aromatic rings. The minimum absolute atomic E-state index is 0.0133. The number of nitrogens with zero attached hydrogens (tertiary/aromatic N) is 1. The van der Waals surface area contributed by atoms with Gasteiger partial charge in [-0.05, 0) is 24.1 Å². The number of benzene rings is 1. The molecule has 1 rings (SSSR count). The number of hydrogen-bond acceptors (Lipinski definition) is 2. The quantitative estimate of drug-likeness (QED) is 0.840. The molecule has 3 heteroatoms. The van der Waals surface area contributed by atoms with Crippen molar-refractivity contribution in [3.05, 3.63) is 34.3 Å². The number of hydrogen-bond donors (Lipinski definition) is 0. The maximum atomic E-state index is 12.3. The van der Waals surface area contributed by atoms with E-state index in [-0.39, 0.29) is 5.78 Å². The molecule has 0 spiro atoms. The predicted molar refractivity (Wildman–Crippen MR) is 71.6 cm³/mol. The van der Waals surface area contributed by atoms with E-state index in [0.717, 1.165) is 16.5 Å². The van der Waals surface area contributed by atoms with Crippen molar-refractivity contribution in [3.63, 3.8) is 0 Å². The zero-order valence-corrected chi connectivity index (χ0v) is 11.9. The predicted octanol–water partition coefficient (Wildman–Crippen LogP) is 4.06. The second-order valence-corrected chi connectivity index (χ2v) is 5.63. The normalized spacial score (nSPS) is 12.9. The molecule has 1 unspecified atom stereocenters. The smallest absolute Gasteiger partial charge is 0.160 e. The molecule has 0 saturated carbocycles. The Morgan fingerprint density at radius 2 is 2.18 bits per heavy atom. The Labute approximate surface area is 111 Å². The van der Waals surface area contributed by atoms with Gasteiger partial charge in [0.05, 0.1) is 6.07 Å². The largest absolute Gasteiger partial charge is 0.297 e. The van der Waals surface area contributed by atoms with Gasteiger partial charge in [-0.3, -0.25) is 4.79 Å². The molecule has 0 fully saturated rings. The molecule has 0 amide bonds. The van der Waals surface area contributed by atoms with Gasteiger partial charge in [-0.25, -0.2) is 0 Å². The standard InChI is InChI=1S/C14H16BrNO/c1-4-14(2,3)13(17)12(9-16)10-6-5-7-11(15)8-10/h5-8,12H,4H2,1-3H3. The minimum atomic E-state index is -0.678. The van der Waals surface area contributed by atoms with Crippen molar-refractivity contribution < 1.29 is 4.79 Å². The van der Waals surface area contributed by atoms with Crippen LogP contribution < -0.4 is 0 Å². The van der Waals surface area contributed by atoms with Crippen LogP contribution in [0.3, 0.4) is 0 Å². The fourth-order valence-corrected chi connectivity index (χ4v) is 1.95. The number of nitriles is 1. The van der Waals surface area contributed by atoms with Gasteiger partial charge in [0.1, 0.15) is 5.92 Å². The van der Waals surface area contributed by atoms with Crippen LogP contribution in [0.4, 0.5) is 0 Å². The highest BCUT2D eigenvalue weighted by atomic mass is 79.9. The number of halogens is 1. The van der Waals surface area contributed by atoms with E-state index in [1.54, 1.807) is 0 Å². The van der Waals surface area contributed by atoms with Gasteiger partial charge in [0.2, 0.25) is 0 Å². The highest BCUT2D eigenvalue weighted by molar-refractivity contribution is 9.10. The SMILES string of the molecule is CCC(C)(C)C(=O)C(C#N)c1cccc(Br)c1. The van der Waals surface area contributed by atoms with E-state index >= 15 is 0 Å². The topological polar surface area (TPSA) is 40.9 Å². The Morgan fingerprint density at radius 1 is 1.53 bits per heavy atom. The van der Waals surface area contributed by atoms with Crippen LogP contribution >= 0.6 is 15.9 Å². The minimum Gasteiger partial charge on any atom is -0.297 e. The molecule has 0 heterocycles. The maximum Gasteiger partial charge on any atom is 0.160 e. The fraction of sp³-hybridized carbons (Fsp3) is 0.429. The van der Waals surface area contributed by atoms with Crippen molar-refractivity contribution in [1.29, 1.82) is 5.26 Å². The van der Waals surface area contributed by atoms with Crippen molar-refractivity contribution in [3.8, 4) is 6.07 Å². The van der Waals surface area contributed by atoms with Crippen molar-refractivity contribution in [2.45, 2.75) is 33.1 Å². The van der Waals surface area contributed by atoms with Crippen molar-refractivity contribution in [2.75, 3.05) is 0 Å². The average molecular weight is 294 g/mol. The van der Waals surface area contributed by atoms with E-state index < -0.39 is 11.3 Å². The molecule has 0 aliphatic carbocycles. The molecule has 0 radical (unpaired) electrons. The van der Waals surface area contributed by atoms with Crippen LogP contribution in [0, 0.1) is 16.7 Å². The lowest BCUT2D eigenvalue weighted by Crippen LogP contribution is -2.28. The van der Waals surface area contributed by atoms with Crippen molar-refractivity contribution >= 4 is 21.7 Å². The third-order valence-corrected chi connectivity index (χ3v) is 3.62. The van der Waals surface area contributed by atoms with Gasteiger partial charge < -0.3 is 0 Å². The van der Waals surface area contributed by atoms with Gasteiger partial charge >= 0.3 is 0 Å². The molecule has 0 aliphatic rings. The summed E-state index contributed by atoms with van der Waals surface area (Å²) in [5, 5.41) is 9.21. The van der Waals surface area contributed by atoms with E-state index in [0.29, 0.717) is 0 Å². The average Bonchev–Trinajstić information content (AvgIpc) is 2.30. The molecule has 1 atom stereocenters. The molecule has 2 nitrogen and oxygen atoms in total. The van der Waals surface area contributed by atoms with Gasteiger partial charge in [0, 0.05) is 9.89 Å². The summed E-state index contributed by atoms with van der Waals surface area (Å²) in [6.07, 6.45) is 0.734. The van der Waals surface area contributed by atoms with Crippen LogP contribution in [0.5, 0.6) is 0 Å². The monoisotopic (exact) mass is 293 g/mol. The Hall–Kier alpha value is -1.14. The summed E-state index contributed by atoms with van der Waals surface area (Å²) in [5.74, 6) is -0.692. The summed E-state index contributed by atoms with van der Waals surface area (Å²) in [6, 6.07) is 9.49. The van der Waals surface area contributed by atoms with E-state index in [9.17, 15) is 10.1 Å². The summed E-state index contributed by atoms with van der Waals surface area (Å²) in [5.41, 5.74) is 0.302. The van der Waals surface area contributed by atoms with Crippen molar-refractivity contribution in [1.82, 2.24) is 0 Å². The third-order valence-electron chi connectivity index (χ3n) is 3.12. The van der Waals surface area contributed by atoms with Crippen LogP contribution in [-0.2, 0) is 4.79 Å². The maximum absolute atomic E-state index is 12.3. The van der Waals surface area contributed by atoms with Gasteiger partial charge in [-0.1, -0.05) is 48.8 Å². The van der Waals surface area contributed by atoms with Crippen LogP contribution in [0.15, 0.2) is 28.7 Å². The van der Waals surface area contributed by atoms with Gasteiger partial charge in [-0.2, -0.15) is 5.26 Å². The molecule has 0 saturated heterocycles. The summed E-state index contributed by atoms with van der Waals surface area (Å²) >= 11 is 3.36. The molecule has 0 N–H and O–H groups in total. The molecule has 90 valence electrons. The second kappa shape index (κ2) is 5.46. The molecule has 0 aliphatic heterocycles. The van der Waals surface area contributed by atoms with Crippen molar-refractivity contribution in [2.24, 2.45) is 5.41 Å². The summed E-state index contributed by atoms with van der Waals surface area (Å²) in [4.78, 5) is 12.3. The number of rotatable bonds is 4. The molecule has 17 heavy (non-hydrogen) atoms. The van der Waals surface area contributed by atoms with E-state index in [1.807, 2.05) is 45.0 Å². The van der Waals surface area contributed by atoms with Gasteiger partial charge in [-0.15, -0.1) is 0 Å². The van der Waals surface area contributed by atoms with Gasteiger partial charge in [0.15, 0.2) is 5.78 Å². The Bertz CT molecular complexity index is 460. The molecular formula is C14H16BrNO. The lowest BCUT2D eigenvalue weighted by Gasteiger charge is -2.23. The van der Waals surface area contributed by atoms with E-state index in [4.69, 9.17) is 0 Å². The lowest BCUT2D eigenvalue weighted by atomic mass is 9.77. The number of ketones is 1. The Kier molecular flexibility index (Phi) is 4.47. The summed E-state index contributed by atoms with van der Waals surface area (Å²) < 4.78 is 0.886. The first-order valence-corrected chi connectivity index (χ1v) is 6.41. The third kappa shape index (κ3) is 3.17. The fourth-order valence-electron chi connectivity index (χ4n) is 1.54. The highest BCUT2D eigenvalue weighted by Gasteiger charge is 2.33. The van der Waals surface area contributed by atoms with Crippen LogP contribution in [0.25, 0.3) is 0 Å². The van der Waals surface area contributed by atoms with Crippen LogP contribution in [0.2, 0.25) is 0 Å². The molecule has 1 aromatic carbocycles. The van der Waals surface area contributed by atoms with Gasteiger partial charge in [0.25, 0.3) is 0 Å². The lowest BCUT2D eigenvalue weighted by molar-refractivity contribution is -0.127. The van der Waals surface area contributed by atoms with Crippen LogP contribution in [-0.4, -0.2) is 5.78 Å². The highest BCUT2D eigenvalue weighted by Crippen LogP contribution is 2.31. The number of carbonyl (C=O) groups excluding carboxylic acids is 1. The zero-order chi connectivity index (χ0) is 13.1. The number of Topliss-reactive ketones (excluding diaryl/α,β-unsaturated/α-hetero) is 1. The zero-order valence-electron chi connectivity index (χ0n) is 10.3. The van der Waals surface area contributed by atoms with Crippen LogP contribution in [0.1, 0.15) is 38.7 Å². The Morgan fingerprint density at radius 3 is 2.65 bits per heavy atom. The summed E-state index contributed by atoms with van der Waals surface area (Å²) in [6.45, 7) is 5.74. The first kappa shape index (κ1) is 13.9. The summed E-state index contributed by atoms with van der Waals surface area (Å²) in [7, 11) is 0. The molecule has 0 bridgehead atoms. The van der Waals surface area contributed by atoms with E-state index in [1.165, 1.54) is 0 Å². The Balaban J connectivity index is 3.10. The van der Waals surface area contributed by atoms with E-state index in [2.05, 4.69) is 22.0 Å². The first-order chi connectivity index (χ1) is 7.92. The first-order valence-electron chi connectivity index (χ1n) is 5.61.